The number of amides is 1. The summed E-state index contributed by atoms with van der Waals surface area (Å²) in [5, 5.41) is 12.1. The zero-order valence-corrected chi connectivity index (χ0v) is 14.4. The summed E-state index contributed by atoms with van der Waals surface area (Å²) in [7, 11) is 0. The molecule has 0 aliphatic heterocycles. The quantitative estimate of drug-likeness (QED) is 0.755. The summed E-state index contributed by atoms with van der Waals surface area (Å²) in [6, 6.07) is 7.50. The van der Waals surface area contributed by atoms with E-state index in [1.54, 1.807) is 28.0 Å². The second-order valence-corrected chi connectivity index (χ2v) is 6.19. The number of hydrogen-bond acceptors (Lipinski definition) is 3. The first-order chi connectivity index (χ1) is 11.5. The molecular weight excluding hydrogens is 349 g/mol. The number of aromatic nitrogens is 4. The third kappa shape index (κ3) is 3.96. The molecule has 1 aromatic carbocycles. The van der Waals surface area contributed by atoms with Crippen LogP contribution in [0.5, 0.6) is 0 Å². The predicted octanol–water partition coefficient (Wildman–Crippen LogP) is 3.38. The number of nitrogens with zero attached hydrogens (tertiary/aromatic N) is 4. The maximum atomic E-state index is 12.1. The highest BCUT2D eigenvalue weighted by molar-refractivity contribution is 6.33. The van der Waals surface area contributed by atoms with E-state index in [0.717, 1.165) is 11.1 Å². The van der Waals surface area contributed by atoms with Crippen molar-refractivity contribution in [2.75, 3.05) is 5.32 Å². The minimum Gasteiger partial charge on any atom is -0.306 e. The Morgan fingerprint density at radius 3 is 2.67 bits per heavy atom. The number of aryl methyl sites for hydroxylation is 1. The zero-order chi connectivity index (χ0) is 17.1. The van der Waals surface area contributed by atoms with E-state index >= 15 is 0 Å². The van der Waals surface area contributed by atoms with Crippen molar-refractivity contribution in [1.82, 2.24) is 19.6 Å². The van der Waals surface area contributed by atoms with Gasteiger partial charge in [-0.25, -0.2) is 0 Å². The van der Waals surface area contributed by atoms with Crippen LogP contribution in [-0.2, 0) is 17.9 Å². The summed E-state index contributed by atoms with van der Waals surface area (Å²) < 4.78 is 3.19. The number of rotatable bonds is 5. The average molecular weight is 364 g/mol. The van der Waals surface area contributed by atoms with Gasteiger partial charge in [-0.2, -0.15) is 10.2 Å². The number of hydrogen-bond donors (Lipinski definition) is 1. The molecule has 0 radical (unpaired) electrons. The number of carbonyl (C=O) groups excluding carboxylic acids is 1. The molecule has 6 nitrogen and oxygen atoms in total. The fourth-order valence-electron chi connectivity index (χ4n) is 2.24. The lowest BCUT2D eigenvalue weighted by molar-refractivity contribution is -0.116. The molecule has 3 aromatic rings. The molecule has 0 saturated heterocycles. The van der Waals surface area contributed by atoms with E-state index in [4.69, 9.17) is 23.2 Å². The molecule has 1 N–H and O–H groups in total. The molecule has 3 rings (SSSR count). The van der Waals surface area contributed by atoms with Gasteiger partial charge in [0.1, 0.15) is 11.6 Å². The van der Waals surface area contributed by atoms with Crippen LogP contribution in [0, 0.1) is 6.92 Å². The summed E-state index contributed by atoms with van der Waals surface area (Å²) in [4.78, 5) is 12.1. The molecule has 124 valence electrons. The first-order valence-electron chi connectivity index (χ1n) is 7.26. The van der Waals surface area contributed by atoms with Gasteiger partial charge in [0, 0.05) is 17.4 Å². The maximum Gasteiger partial charge on any atom is 0.247 e. The summed E-state index contributed by atoms with van der Waals surface area (Å²) >= 11 is 12.3. The van der Waals surface area contributed by atoms with Crippen LogP contribution in [0.2, 0.25) is 10.0 Å². The Labute approximate surface area is 149 Å². The highest BCUT2D eigenvalue weighted by Crippen LogP contribution is 2.22. The Morgan fingerprint density at radius 2 is 1.96 bits per heavy atom. The largest absolute Gasteiger partial charge is 0.306 e. The predicted molar refractivity (Wildman–Crippen MR) is 93.4 cm³/mol. The smallest absolute Gasteiger partial charge is 0.247 e. The molecule has 0 aliphatic carbocycles. The number of carbonyl (C=O) groups is 1. The molecule has 0 aliphatic rings. The van der Waals surface area contributed by atoms with Gasteiger partial charge in [0.25, 0.3) is 0 Å². The molecule has 24 heavy (non-hydrogen) atoms. The van der Waals surface area contributed by atoms with E-state index < -0.39 is 0 Å². The standard InChI is InChI=1S/C16H15Cl2N5O/c1-11-6-19-22(7-11)10-15(24)20-16-14(18)9-23(21-16)8-12-4-2-3-5-13(12)17/h2-7,9H,8,10H2,1H3,(H,20,21,24). The normalized spacial score (nSPS) is 10.8. The van der Waals surface area contributed by atoms with E-state index in [1.807, 2.05) is 31.2 Å². The van der Waals surface area contributed by atoms with Crippen molar-refractivity contribution < 1.29 is 4.79 Å². The second kappa shape index (κ2) is 7.07. The summed E-state index contributed by atoms with van der Waals surface area (Å²) in [5.74, 6) is 0.0700. The Morgan fingerprint density at radius 1 is 1.17 bits per heavy atom. The van der Waals surface area contributed by atoms with E-state index in [0.29, 0.717) is 22.4 Å². The molecule has 0 bridgehead atoms. The van der Waals surface area contributed by atoms with Crippen LogP contribution >= 0.6 is 23.2 Å². The fourth-order valence-corrected chi connectivity index (χ4v) is 2.63. The lowest BCUT2D eigenvalue weighted by Crippen LogP contribution is -2.19. The Kier molecular flexibility index (Phi) is 4.87. The molecule has 2 heterocycles. The molecule has 0 fully saturated rings. The van der Waals surface area contributed by atoms with E-state index in [9.17, 15) is 4.79 Å². The maximum absolute atomic E-state index is 12.1. The fraction of sp³-hybridized carbons (Fsp3) is 0.188. The molecule has 8 heteroatoms. The third-order valence-electron chi connectivity index (χ3n) is 3.33. The highest BCUT2D eigenvalue weighted by Gasteiger charge is 2.12. The average Bonchev–Trinajstić information content (AvgIpc) is 3.08. The van der Waals surface area contributed by atoms with Crippen LogP contribution < -0.4 is 5.32 Å². The van der Waals surface area contributed by atoms with Gasteiger partial charge in [-0.3, -0.25) is 14.2 Å². The Balaban J connectivity index is 1.67. The number of halogens is 2. The van der Waals surface area contributed by atoms with Crippen LogP contribution in [0.4, 0.5) is 5.82 Å². The van der Waals surface area contributed by atoms with Gasteiger partial charge in [0.15, 0.2) is 5.82 Å². The van der Waals surface area contributed by atoms with Gasteiger partial charge >= 0.3 is 0 Å². The summed E-state index contributed by atoms with van der Waals surface area (Å²) in [5.41, 5.74) is 1.91. The SMILES string of the molecule is Cc1cnn(CC(=O)Nc2nn(Cc3ccccc3Cl)cc2Cl)c1. The van der Waals surface area contributed by atoms with Crippen molar-refractivity contribution in [3.63, 3.8) is 0 Å². The molecule has 2 aromatic heterocycles. The van der Waals surface area contributed by atoms with Crippen LogP contribution in [0.3, 0.4) is 0 Å². The minimum atomic E-state index is -0.247. The third-order valence-corrected chi connectivity index (χ3v) is 3.98. The van der Waals surface area contributed by atoms with Gasteiger partial charge in [-0.15, -0.1) is 0 Å². The summed E-state index contributed by atoms with van der Waals surface area (Å²) in [6.45, 7) is 2.48. The number of nitrogens with one attached hydrogen (secondary N) is 1. The molecular formula is C16H15Cl2N5O. The van der Waals surface area contributed by atoms with Crippen molar-refractivity contribution in [3.05, 3.63) is 64.0 Å². The van der Waals surface area contributed by atoms with Crippen molar-refractivity contribution >= 4 is 34.9 Å². The first kappa shape index (κ1) is 16.5. The van der Waals surface area contributed by atoms with E-state index in [2.05, 4.69) is 15.5 Å². The van der Waals surface area contributed by atoms with Gasteiger partial charge in [0.05, 0.1) is 12.7 Å². The zero-order valence-electron chi connectivity index (χ0n) is 12.9. The van der Waals surface area contributed by atoms with Gasteiger partial charge in [0.2, 0.25) is 5.91 Å². The van der Waals surface area contributed by atoms with Crippen LogP contribution in [0.1, 0.15) is 11.1 Å². The van der Waals surface area contributed by atoms with Crippen molar-refractivity contribution in [2.45, 2.75) is 20.0 Å². The molecule has 0 spiro atoms. The Bertz CT molecular complexity index is 871. The second-order valence-electron chi connectivity index (χ2n) is 5.38. The highest BCUT2D eigenvalue weighted by atomic mass is 35.5. The minimum absolute atomic E-state index is 0.0988. The van der Waals surface area contributed by atoms with Gasteiger partial charge in [-0.1, -0.05) is 41.4 Å². The van der Waals surface area contributed by atoms with Crippen LogP contribution in [0.25, 0.3) is 0 Å². The molecule has 0 atom stereocenters. The van der Waals surface area contributed by atoms with E-state index in [1.165, 1.54) is 0 Å². The molecule has 0 unspecified atom stereocenters. The lowest BCUT2D eigenvalue weighted by atomic mass is 10.2. The van der Waals surface area contributed by atoms with Crippen LogP contribution in [-0.4, -0.2) is 25.5 Å². The van der Waals surface area contributed by atoms with Crippen molar-refractivity contribution in [1.29, 1.82) is 0 Å². The van der Waals surface area contributed by atoms with Gasteiger partial charge < -0.3 is 5.32 Å². The number of anilines is 1. The van der Waals surface area contributed by atoms with Crippen molar-refractivity contribution in [2.24, 2.45) is 0 Å². The lowest BCUT2D eigenvalue weighted by Gasteiger charge is -2.04. The van der Waals surface area contributed by atoms with Crippen LogP contribution in [0.15, 0.2) is 42.9 Å². The first-order valence-corrected chi connectivity index (χ1v) is 8.02. The Hall–Kier alpha value is -2.31. The van der Waals surface area contributed by atoms with Crippen molar-refractivity contribution in [3.8, 4) is 0 Å². The monoisotopic (exact) mass is 363 g/mol. The molecule has 1 amide bonds. The number of benzene rings is 1. The van der Waals surface area contributed by atoms with Gasteiger partial charge in [-0.05, 0) is 24.1 Å². The van der Waals surface area contributed by atoms with E-state index in [-0.39, 0.29) is 12.5 Å². The summed E-state index contributed by atoms with van der Waals surface area (Å²) in [6.07, 6.45) is 5.13. The molecule has 0 saturated carbocycles. The topological polar surface area (TPSA) is 64.7 Å².